The van der Waals surface area contributed by atoms with Gasteiger partial charge in [-0.2, -0.15) is 0 Å². The number of amides is 1. The lowest BCUT2D eigenvalue weighted by Gasteiger charge is -2.31. The average molecular weight is 447 g/mol. The number of carbonyl (C=O) groups is 1. The van der Waals surface area contributed by atoms with Gasteiger partial charge >= 0.3 is 0 Å². The van der Waals surface area contributed by atoms with E-state index in [1.807, 2.05) is 12.1 Å². The molecular formula is C22H26N2O6S. The van der Waals surface area contributed by atoms with Crippen molar-refractivity contribution in [1.29, 1.82) is 0 Å². The third-order valence-corrected chi connectivity index (χ3v) is 7.24. The molecule has 1 aliphatic heterocycles. The number of hydrogen-bond donors (Lipinski definition) is 0. The predicted octanol–water partition coefficient (Wildman–Crippen LogP) is 2.88. The molecule has 0 bridgehead atoms. The van der Waals surface area contributed by atoms with Crippen molar-refractivity contribution in [3.8, 4) is 17.2 Å². The molecule has 0 unspecified atom stereocenters. The lowest BCUT2D eigenvalue weighted by Crippen LogP contribution is -2.39. The minimum atomic E-state index is -4.05. The van der Waals surface area contributed by atoms with Gasteiger partial charge in [0.2, 0.25) is 0 Å². The van der Waals surface area contributed by atoms with Gasteiger partial charge in [0, 0.05) is 32.3 Å². The normalized spacial score (nSPS) is 14.7. The predicted molar refractivity (Wildman–Crippen MR) is 119 cm³/mol. The van der Waals surface area contributed by atoms with Gasteiger partial charge in [-0.3, -0.25) is 9.10 Å². The second-order valence-corrected chi connectivity index (χ2v) is 9.07. The van der Waals surface area contributed by atoms with Crippen molar-refractivity contribution in [2.45, 2.75) is 13.5 Å². The SMILES string of the molecule is COc1ccc(CN(C)C(=O)C2=C(C)c3cc(OC)c(OC)cc3N(C)S2(=O)=O)cc1. The van der Waals surface area contributed by atoms with Crippen molar-refractivity contribution in [3.63, 3.8) is 0 Å². The zero-order valence-corrected chi connectivity index (χ0v) is 19.2. The van der Waals surface area contributed by atoms with Crippen LogP contribution in [-0.2, 0) is 21.4 Å². The van der Waals surface area contributed by atoms with E-state index in [1.165, 1.54) is 26.2 Å². The Morgan fingerprint density at radius 2 is 1.58 bits per heavy atom. The number of hydrogen-bond acceptors (Lipinski definition) is 6. The van der Waals surface area contributed by atoms with Crippen LogP contribution in [0.2, 0.25) is 0 Å². The summed E-state index contributed by atoms with van der Waals surface area (Å²) in [7, 11) is 3.50. The van der Waals surface area contributed by atoms with E-state index in [2.05, 4.69) is 0 Å². The van der Waals surface area contributed by atoms with E-state index in [-0.39, 0.29) is 11.4 Å². The number of fused-ring (bicyclic) bond motifs is 1. The molecule has 1 amide bonds. The highest BCUT2D eigenvalue weighted by Gasteiger charge is 2.39. The second-order valence-electron chi connectivity index (χ2n) is 7.16. The largest absolute Gasteiger partial charge is 0.497 e. The number of sulfonamides is 1. The molecule has 0 atom stereocenters. The van der Waals surface area contributed by atoms with Crippen LogP contribution in [0.1, 0.15) is 18.1 Å². The molecule has 0 saturated carbocycles. The van der Waals surface area contributed by atoms with Crippen molar-refractivity contribution < 1.29 is 27.4 Å². The minimum Gasteiger partial charge on any atom is -0.497 e. The number of allylic oxidation sites excluding steroid dienone is 1. The maximum atomic E-state index is 13.3. The molecule has 8 nitrogen and oxygen atoms in total. The number of ether oxygens (including phenoxy) is 3. The Morgan fingerprint density at radius 1 is 1.00 bits per heavy atom. The first kappa shape index (κ1) is 22.5. The van der Waals surface area contributed by atoms with Crippen LogP contribution in [0.15, 0.2) is 41.3 Å². The second kappa shape index (κ2) is 8.50. The molecule has 0 saturated heterocycles. The summed E-state index contributed by atoms with van der Waals surface area (Å²) in [6.45, 7) is 1.88. The van der Waals surface area contributed by atoms with Crippen molar-refractivity contribution in [2.75, 3.05) is 39.7 Å². The quantitative estimate of drug-likeness (QED) is 0.678. The van der Waals surface area contributed by atoms with Crippen LogP contribution in [0.5, 0.6) is 17.2 Å². The average Bonchev–Trinajstić information content (AvgIpc) is 2.77. The summed E-state index contributed by atoms with van der Waals surface area (Å²) < 4.78 is 43.4. The molecule has 166 valence electrons. The first-order valence-electron chi connectivity index (χ1n) is 9.50. The van der Waals surface area contributed by atoms with Gasteiger partial charge in [0.25, 0.3) is 15.9 Å². The molecule has 2 aromatic carbocycles. The van der Waals surface area contributed by atoms with E-state index in [0.29, 0.717) is 34.1 Å². The lowest BCUT2D eigenvalue weighted by molar-refractivity contribution is -0.125. The standard InChI is InChI=1S/C22H26N2O6S/c1-14-17-11-19(29-5)20(30-6)12-18(17)24(3)31(26,27)21(14)22(25)23(2)13-15-7-9-16(28-4)10-8-15/h7-12H,13H2,1-6H3. The molecule has 0 radical (unpaired) electrons. The van der Waals surface area contributed by atoms with E-state index in [4.69, 9.17) is 14.2 Å². The molecule has 9 heteroatoms. The zero-order chi connectivity index (χ0) is 22.9. The molecule has 31 heavy (non-hydrogen) atoms. The number of rotatable bonds is 6. The molecular weight excluding hydrogens is 420 g/mol. The molecule has 1 aliphatic rings. The van der Waals surface area contributed by atoms with Gasteiger partial charge in [-0.15, -0.1) is 0 Å². The monoisotopic (exact) mass is 446 g/mol. The highest BCUT2D eigenvalue weighted by atomic mass is 32.2. The Labute approximate surface area is 182 Å². The van der Waals surface area contributed by atoms with Crippen LogP contribution < -0.4 is 18.5 Å². The summed E-state index contributed by atoms with van der Waals surface area (Å²) in [6.07, 6.45) is 0. The molecule has 0 spiro atoms. The summed E-state index contributed by atoms with van der Waals surface area (Å²) in [5, 5.41) is 0. The van der Waals surface area contributed by atoms with Crippen LogP contribution in [0, 0.1) is 0 Å². The van der Waals surface area contributed by atoms with Gasteiger partial charge in [-0.25, -0.2) is 8.42 Å². The fraction of sp³-hybridized carbons (Fsp3) is 0.318. The molecule has 0 fully saturated rings. The van der Waals surface area contributed by atoms with Gasteiger partial charge in [-0.05, 0) is 36.3 Å². The van der Waals surface area contributed by atoms with E-state index in [9.17, 15) is 13.2 Å². The fourth-order valence-corrected chi connectivity index (χ4v) is 5.09. The third kappa shape index (κ3) is 3.93. The van der Waals surface area contributed by atoms with E-state index >= 15 is 0 Å². The van der Waals surface area contributed by atoms with E-state index in [1.54, 1.807) is 45.3 Å². The maximum absolute atomic E-state index is 13.3. The third-order valence-electron chi connectivity index (χ3n) is 5.32. The van der Waals surface area contributed by atoms with Gasteiger partial charge in [0.1, 0.15) is 5.75 Å². The summed E-state index contributed by atoms with van der Waals surface area (Å²) in [5.74, 6) is 0.975. The number of benzene rings is 2. The van der Waals surface area contributed by atoms with Gasteiger partial charge < -0.3 is 19.1 Å². The Kier molecular flexibility index (Phi) is 6.17. The van der Waals surface area contributed by atoms with Crippen LogP contribution in [-0.4, -0.2) is 54.6 Å². The van der Waals surface area contributed by atoms with Crippen molar-refractivity contribution >= 4 is 27.2 Å². The highest BCUT2D eigenvalue weighted by molar-refractivity contribution is 7.97. The Morgan fingerprint density at radius 3 is 2.13 bits per heavy atom. The molecule has 0 N–H and O–H groups in total. The molecule has 1 heterocycles. The lowest BCUT2D eigenvalue weighted by atomic mass is 10.0. The summed E-state index contributed by atoms with van der Waals surface area (Å²) >= 11 is 0. The van der Waals surface area contributed by atoms with Crippen LogP contribution >= 0.6 is 0 Å². The topological polar surface area (TPSA) is 85.4 Å². The number of likely N-dealkylation sites (N-methyl/N-ethyl adjacent to an activating group) is 1. The van der Waals surface area contributed by atoms with Crippen molar-refractivity contribution in [2.24, 2.45) is 0 Å². The highest BCUT2D eigenvalue weighted by Crippen LogP contribution is 2.44. The van der Waals surface area contributed by atoms with E-state index in [0.717, 1.165) is 9.87 Å². The molecule has 3 rings (SSSR count). The molecule has 2 aromatic rings. The van der Waals surface area contributed by atoms with Crippen molar-refractivity contribution in [3.05, 3.63) is 52.4 Å². The number of nitrogens with zero attached hydrogens (tertiary/aromatic N) is 2. The van der Waals surface area contributed by atoms with E-state index < -0.39 is 15.9 Å². The summed E-state index contributed by atoms with van der Waals surface area (Å²) in [4.78, 5) is 14.4. The molecule has 0 aromatic heterocycles. The Hall–Kier alpha value is -3.20. The number of anilines is 1. The summed E-state index contributed by atoms with van der Waals surface area (Å²) in [6, 6.07) is 10.5. The fourth-order valence-electron chi connectivity index (χ4n) is 3.53. The number of carbonyl (C=O) groups excluding carboxylic acids is 1. The van der Waals surface area contributed by atoms with Crippen LogP contribution in [0.25, 0.3) is 5.57 Å². The first-order chi connectivity index (χ1) is 14.6. The minimum absolute atomic E-state index is 0.248. The van der Waals surface area contributed by atoms with Gasteiger partial charge in [0.05, 0.1) is 27.0 Å². The van der Waals surface area contributed by atoms with Gasteiger partial charge in [0.15, 0.2) is 16.4 Å². The van der Waals surface area contributed by atoms with Crippen LogP contribution in [0.3, 0.4) is 0 Å². The molecule has 0 aliphatic carbocycles. The smallest absolute Gasteiger partial charge is 0.269 e. The Bertz CT molecular complexity index is 1140. The Balaban J connectivity index is 2.04. The van der Waals surface area contributed by atoms with Gasteiger partial charge in [-0.1, -0.05) is 12.1 Å². The zero-order valence-electron chi connectivity index (χ0n) is 18.4. The maximum Gasteiger partial charge on any atom is 0.269 e. The first-order valence-corrected chi connectivity index (χ1v) is 10.9. The summed E-state index contributed by atoms with van der Waals surface area (Å²) in [5.41, 5.74) is 2.23. The number of methoxy groups -OCH3 is 3. The van der Waals surface area contributed by atoms with Crippen LogP contribution in [0.4, 0.5) is 5.69 Å². The van der Waals surface area contributed by atoms with Crippen molar-refractivity contribution in [1.82, 2.24) is 4.90 Å².